The van der Waals surface area contributed by atoms with E-state index in [9.17, 15) is 4.79 Å². The van der Waals surface area contributed by atoms with Gasteiger partial charge in [-0.3, -0.25) is 4.79 Å². The van der Waals surface area contributed by atoms with E-state index in [1.54, 1.807) is 43.3 Å². The van der Waals surface area contributed by atoms with Crippen molar-refractivity contribution in [3.05, 3.63) is 58.7 Å². The van der Waals surface area contributed by atoms with Crippen molar-refractivity contribution in [1.29, 1.82) is 0 Å². The third-order valence-electron chi connectivity index (χ3n) is 2.67. The third kappa shape index (κ3) is 1.83. The highest BCUT2D eigenvalue weighted by Crippen LogP contribution is 2.24. The zero-order chi connectivity index (χ0) is 12.7. The third-order valence-corrected chi connectivity index (χ3v) is 2.90. The minimum atomic E-state index is -0.268. The molecule has 0 unspecified atom stereocenters. The van der Waals surface area contributed by atoms with Gasteiger partial charge in [-0.05, 0) is 43.3 Å². The van der Waals surface area contributed by atoms with Crippen LogP contribution in [0.3, 0.4) is 0 Å². The van der Waals surface area contributed by atoms with Gasteiger partial charge in [0.05, 0.1) is 0 Å². The molecule has 1 aromatic carbocycles. The lowest BCUT2D eigenvalue weighted by Crippen LogP contribution is -1.96. The van der Waals surface area contributed by atoms with E-state index in [0.717, 1.165) is 5.39 Å². The Morgan fingerprint density at radius 1 is 1.06 bits per heavy atom. The molecule has 0 N–H and O–H groups in total. The molecule has 2 heterocycles. The number of hydrogen-bond acceptors (Lipinski definition) is 3. The average Bonchev–Trinajstić information content (AvgIpc) is 2.93. The fraction of sp³-hybridized carbons (Fsp3) is 0.0714. The Bertz CT molecular complexity index is 736. The van der Waals surface area contributed by atoms with Crippen LogP contribution in [-0.4, -0.2) is 5.78 Å². The van der Waals surface area contributed by atoms with Crippen LogP contribution in [0.1, 0.15) is 22.1 Å². The van der Waals surface area contributed by atoms with E-state index < -0.39 is 0 Å². The summed E-state index contributed by atoms with van der Waals surface area (Å²) in [5.74, 6) is 0.951. The van der Waals surface area contributed by atoms with Crippen LogP contribution in [0.5, 0.6) is 0 Å². The lowest BCUT2D eigenvalue weighted by molar-refractivity contribution is 0.0984. The van der Waals surface area contributed by atoms with Crippen molar-refractivity contribution in [2.75, 3.05) is 0 Å². The van der Waals surface area contributed by atoms with Crippen molar-refractivity contribution in [2.24, 2.45) is 0 Å². The molecule has 0 radical (unpaired) electrons. The number of aryl methyl sites for hydroxylation is 1. The second-order valence-corrected chi connectivity index (χ2v) is 4.47. The highest BCUT2D eigenvalue weighted by atomic mass is 35.5. The van der Waals surface area contributed by atoms with Crippen LogP contribution in [0, 0.1) is 6.92 Å². The predicted octanol–water partition coefficient (Wildman–Crippen LogP) is 4.22. The quantitative estimate of drug-likeness (QED) is 0.648. The zero-order valence-electron chi connectivity index (χ0n) is 9.57. The summed E-state index contributed by atoms with van der Waals surface area (Å²) in [6, 6.07) is 10.3. The molecular weight excluding hydrogens is 252 g/mol. The molecule has 0 bridgehead atoms. The van der Waals surface area contributed by atoms with Gasteiger partial charge in [-0.15, -0.1) is 0 Å². The molecule has 3 rings (SSSR count). The van der Waals surface area contributed by atoms with Crippen LogP contribution in [0.15, 0.2) is 45.2 Å². The van der Waals surface area contributed by atoms with Crippen molar-refractivity contribution in [1.82, 2.24) is 0 Å². The molecule has 90 valence electrons. The maximum Gasteiger partial charge on any atom is 0.263 e. The highest BCUT2D eigenvalue weighted by Gasteiger charge is 2.17. The summed E-state index contributed by atoms with van der Waals surface area (Å²) in [6.45, 7) is 1.79. The van der Waals surface area contributed by atoms with Gasteiger partial charge in [-0.1, -0.05) is 11.6 Å². The van der Waals surface area contributed by atoms with Crippen molar-refractivity contribution < 1.29 is 13.6 Å². The summed E-state index contributed by atoms with van der Waals surface area (Å²) in [5, 5.41) is 1.41. The van der Waals surface area contributed by atoms with Crippen molar-refractivity contribution >= 4 is 28.4 Å². The Morgan fingerprint density at radius 2 is 1.89 bits per heavy atom. The number of hydrogen-bond donors (Lipinski definition) is 0. The average molecular weight is 261 g/mol. The molecule has 0 fully saturated rings. The van der Waals surface area contributed by atoms with Gasteiger partial charge >= 0.3 is 0 Å². The Morgan fingerprint density at radius 3 is 2.61 bits per heavy atom. The SMILES string of the molecule is Cc1ccc(C(=O)c2cc3cc(Cl)ccc3o2)o1. The Kier molecular flexibility index (Phi) is 2.49. The van der Waals surface area contributed by atoms with Crippen LogP contribution in [0.25, 0.3) is 11.0 Å². The molecule has 0 atom stereocenters. The summed E-state index contributed by atoms with van der Waals surface area (Å²) in [5.41, 5.74) is 0.631. The first-order valence-corrected chi connectivity index (χ1v) is 5.81. The maximum absolute atomic E-state index is 12.1. The van der Waals surface area contributed by atoms with Crippen molar-refractivity contribution in [3.63, 3.8) is 0 Å². The second-order valence-electron chi connectivity index (χ2n) is 4.03. The first-order chi connectivity index (χ1) is 8.63. The van der Waals surface area contributed by atoms with Gasteiger partial charge in [0.25, 0.3) is 5.78 Å². The van der Waals surface area contributed by atoms with E-state index in [1.807, 2.05) is 0 Å². The van der Waals surface area contributed by atoms with Gasteiger partial charge in [-0.2, -0.15) is 0 Å². The monoisotopic (exact) mass is 260 g/mol. The zero-order valence-corrected chi connectivity index (χ0v) is 10.3. The Hall–Kier alpha value is -2.00. The largest absolute Gasteiger partial charge is 0.458 e. The van der Waals surface area contributed by atoms with Gasteiger partial charge in [0.2, 0.25) is 0 Å². The first kappa shape index (κ1) is 11.1. The molecule has 18 heavy (non-hydrogen) atoms. The van der Waals surface area contributed by atoms with Crippen LogP contribution in [0.2, 0.25) is 5.02 Å². The Balaban J connectivity index is 2.06. The molecule has 4 heteroatoms. The molecule has 3 nitrogen and oxygen atoms in total. The molecular formula is C14H9ClO3. The van der Waals surface area contributed by atoms with Crippen molar-refractivity contribution in [2.45, 2.75) is 6.92 Å². The topological polar surface area (TPSA) is 43.4 Å². The van der Waals surface area contributed by atoms with E-state index in [1.165, 1.54) is 0 Å². The molecule has 2 aromatic heterocycles. The van der Waals surface area contributed by atoms with Crippen LogP contribution >= 0.6 is 11.6 Å². The van der Waals surface area contributed by atoms with E-state index in [4.69, 9.17) is 20.4 Å². The molecule has 3 aromatic rings. The van der Waals surface area contributed by atoms with Crippen LogP contribution < -0.4 is 0 Å². The lowest BCUT2D eigenvalue weighted by Gasteiger charge is -1.91. The van der Waals surface area contributed by atoms with E-state index in [2.05, 4.69) is 0 Å². The number of furan rings is 2. The van der Waals surface area contributed by atoms with Gasteiger partial charge in [0.1, 0.15) is 11.3 Å². The number of halogens is 1. The molecule has 0 spiro atoms. The molecule has 0 aliphatic rings. The fourth-order valence-electron chi connectivity index (χ4n) is 1.80. The lowest BCUT2D eigenvalue weighted by atomic mass is 10.2. The van der Waals surface area contributed by atoms with E-state index in [-0.39, 0.29) is 17.3 Å². The van der Waals surface area contributed by atoms with E-state index >= 15 is 0 Å². The van der Waals surface area contributed by atoms with E-state index in [0.29, 0.717) is 16.4 Å². The van der Waals surface area contributed by atoms with Gasteiger partial charge in [0, 0.05) is 10.4 Å². The van der Waals surface area contributed by atoms with Crippen LogP contribution in [-0.2, 0) is 0 Å². The minimum Gasteiger partial charge on any atom is -0.458 e. The minimum absolute atomic E-state index is 0.251. The number of benzene rings is 1. The summed E-state index contributed by atoms with van der Waals surface area (Å²) < 4.78 is 10.8. The number of carbonyl (C=O) groups is 1. The number of ketones is 1. The van der Waals surface area contributed by atoms with Crippen LogP contribution in [0.4, 0.5) is 0 Å². The molecule has 0 amide bonds. The van der Waals surface area contributed by atoms with Crippen molar-refractivity contribution in [3.8, 4) is 0 Å². The smallest absolute Gasteiger partial charge is 0.263 e. The van der Waals surface area contributed by atoms with Gasteiger partial charge in [-0.25, -0.2) is 0 Å². The van der Waals surface area contributed by atoms with Gasteiger partial charge in [0.15, 0.2) is 11.5 Å². The Labute approximate surface area is 108 Å². The number of carbonyl (C=O) groups excluding carboxylic acids is 1. The highest BCUT2D eigenvalue weighted by molar-refractivity contribution is 6.31. The number of fused-ring (bicyclic) bond motifs is 1. The fourth-order valence-corrected chi connectivity index (χ4v) is 1.98. The number of rotatable bonds is 2. The predicted molar refractivity (Wildman–Crippen MR) is 68.1 cm³/mol. The second kappa shape index (κ2) is 4.03. The summed E-state index contributed by atoms with van der Waals surface area (Å²) in [4.78, 5) is 12.1. The van der Waals surface area contributed by atoms with Gasteiger partial charge < -0.3 is 8.83 Å². The summed E-state index contributed by atoms with van der Waals surface area (Å²) in [6.07, 6.45) is 0. The molecule has 0 saturated carbocycles. The standard InChI is InChI=1S/C14H9ClO3/c1-8-2-4-12(17-8)14(16)13-7-9-6-10(15)3-5-11(9)18-13/h2-7H,1H3. The first-order valence-electron chi connectivity index (χ1n) is 5.44. The molecule has 0 aliphatic carbocycles. The summed E-state index contributed by atoms with van der Waals surface area (Å²) in [7, 11) is 0. The molecule has 0 aliphatic heterocycles. The maximum atomic E-state index is 12.1. The summed E-state index contributed by atoms with van der Waals surface area (Å²) >= 11 is 5.88. The normalized spacial score (nSPS) is 11.0. The molecule has 0 saturated heterocycles.